The van der Waals surface area contributed by atoms with Crippen LogP contribution < -0.4 is 16.0 Å². The Kier molecular flexibility index (Phi) is 6.91. The number of nitro groups is 1. The van der Waals surface area contributed by atoms with Gasteiger partial charge in [-0.25, -0.2) is 21.2 Å². The molecule has 41 heavy (non-hydrogen) atoms. The smallest absolute Gasteiger partial charge is 0.336 e. The van der Waals surface area contributed by atoms with Crippen molar-refractivity contribution in [3.8, 4) is 22.6 Å². The van der Waals surface area contributed by atoms with Crippen LogP contribution in [-0.4, -0.2) is 21.9 Å². The summed E-state index contributed by atoms with van der Waals surface area (Å²) in [5.74, 6) is -3.06. The molecule has 5 rings (SSSR count). The number of halogens is 3. The summed E-state index contributed by atoms with van der Waals surface area (Å²) in [7, 11) is -2.86. The van der Waals surface area contributed by atoms with Crippen LogP contribution in [0.2, 0.25) is 0 Å². The fourth-order valence-electron chi connectivity index (χ4n) is 4.35. The predicted octanol–water partition coefficient (Wildman–Crippen LogP) is 5.88. The molecule has 2 heterocycles. The number of nitrogen functional groups attached to an aromatic ring is 1. The molecule has 0 fully saturated rings. The van der Waals surface area contributed by atoms with Crippen LogP contribution in [0.4, 0.5) is 20.2 Å². The minimum absolute atomic E-state index is 0.0208. The number of hydrogen-bond acceptors (Lipinski definition) is 7. The zero-order valence-electron chi connectivity index (χ0n) is 21.3. The standard InChI is InChI=1S/C27H19BrF2N4O6S/c1-14-3-6-16(7-4-14)41(38,39)33-10-9-17-19(13-32(2)27(35)24(17)33)18-12-20(28)23(31)25(34(36)37)26(18)40-22-8-5-15(29)11-21(22)30/h3-13H,31H2,1-2H3. The number of benzene rings is 3. The normalized spacial score (nSPS) is 11.6. The first-order chi connectivity index (χ1) is 19.3. The van der Waals surface area contributed by atoms with Crippen LogP contribution in [-0.2, 0) is 17.1 Å². The van der Waals surface area contributed by atoms with Crippen LogP contribution in [0.25, 0.3) is 22.0 Å². The number of ether oxygens (including phenoxy) is 1. The van der Waals surface area contributed by atoms with Gasteiger partial charge in [-0.05, 0) is 59.3 Å². The molecule has 0 aliphatic rings. The molecule has 14 heteroatoms. The molecule has 5 aromatic rings. The fraction of sp³-hybridized carbons (Fsp3) is 0.0741. The number of nitrogens with zero attached hydrogens (tertiary/aromatic N) is 3. The summed E-state index contributed by atoms with van der Waals surface area (Å²) in [6.45, 7) is 1.80. The summed E-state index contributed by atoms with van der Waals surface area (Å²) in [4.78, 5) is 24.6. The van der Waals surface area contributed by atoms with E-state index >= 15 is 0 Å². The first-order valence-electron chi connectivity index (χ1n) is 11.7. The van der Waals surface area contributed by atoms with E-state index in [9.17, 15) is 32.1 Å². The fourth-order valence-corrected chi connectivity index (χ4v) is 6.12. The van der Waals surface area contributed by atoms with Crippen LogP contribution in [0, 0.1) is 28.7 Å². The molecule has 0 bridgehead atoms. The third-order valence-electron chi connectivity index (χ3n) is 6.39. The lowest BCUT2D eigenvalue weighted by atomic mass is 10.0. The summed E-state index contributed by atoms with van der Waals surface area (Å²) < 4.78 is 62.9. The molecule has 10 nitrogen and oxygen atoms in total. The van der Waals surface area contributed by atoms with Gasteiger partial charge in [0.2, 0.25) is 5.75 Å². The summed E-state index contributed by atoms with van der Waals surface area (Å²) in [5.41, 5.74) is 4.97. The van der Waals surface area contributed by atoms with Crippen LogP contribution in [0.1, 0.15) is 5.56 Å². The van der Waals surface area contributed by atoms with Crippen LogP contribution in [0.3, 0.4) is 0 Å². The second-order valence-electron chi connectivity index (χ2n) is 9.08. The second-order valence-corrected chi connectivity index (χ2v) is 11.8. The highest BCUT2D eigenvalue weighted by Crippen LogP contribution is 2.49. The van der Waals surface area contributed by atoms with E-state index in [-0.39, 0.29) is 37.1 Å². The molecule has 0 spiro atoms. The molecule has 210 valence electrons. The number of pyridine rings is 1. The number of anilines is 1. The minimum atomic E-state index is -4.23. The summed E-state index contributed by atoms with van der Waals surface area (Å²) in [5, 5.41) is 12.3. The van der Waals surface area contributed by atoms with E-state index in [1.807, 2.05) is 0 Å². The van der Waals surface area contributed by atoms with Crippen molar-refractivity contribution in [3.05, 3.63) is 109 Å². The van der Waals surface area contributed by atoms with Crippen LogP contribution in [0.15, 0.2) is 81.2 Å². The molecule has 0 radical (unpaired) electrons. The van der Waals surface area contributed by atoms with Crippen LogP contribution in [0.5, 0.6) is 11.5 Å². The van der Waals surface area contributed by atoms with Crippen molar-refractivity contribution >= 4 is 48.2 Å². The molecule has 0 saturated heterocycles. The third kappa shape index (κ3) is 4.74. The molecule has 0 unspecified atom stereocenters. The van der Waals surface area contributed by atoms with Crippen LogP contribution >= 0.6 is 15.9 Å². The Morgan fingerprint density at radius 1 is 1.05 bits per heavy atom. The average molecular weight is 645 g/mol. The highest BCUT2D eigenvalue weighted by Gasteiger charge is 2.31. The zero-order valence-corrected chi connectivity index (χ0v) is 23.7. The number of aryl methyl sites for hydroxylation is 2. The largest absolute Gasteiger partial charge is 0.446 e. The number of aromatic nitrogens is 2. The van der Waals surface area contributed by atoms with Gasteiger partial charge in [0.05, 0.1) is 9.82 Å². The molecule has 0 aliphatic heterocycles. The third-order valence-corrected chi connectivity index (χ3v) is 8.73. The van der Waals surface area contributed by atoms with Crippen molar-refractivity contribution in [2.75, 3.05) is 5.73 Å². The maximum absolute atomic E-state index is 14.6. The van der Waals surface area contributed by atoms with Gasteiger partial charge in [0.1, 0.15) is 17.0 Å². The monoisotopic (exact) mass is 644 g/mol. The van der Waals surface area contributed by atoms with Crippen molar-refractivity contribution in [2.24, 2.45) is 7.05 Å². The summed E-state index contributed by atoms with van der Waals surface area (Å²) >= 11 is 3.20. The molecule has 0 amide bonds. The van der Waals surface area contributed by atoms with Crippen molar-refractivity contribution in [3.63, 3.8) is 0 Å². The molecule has 0 aliphatic carbocycles. The lowest BCUT2D eigenvalue weighted by Gasteiger charge is -2.16. The lowest BCUT2D eigenvalue weighted by molar-refractivity contribution is -0.384. The highest BCUT2D eigenvalue weighted by atomic mass is 79.9. The second kappa shape index (κ2) is 10.1. The van der Waals surface area contributed by atoms with E-state index in [4.69, 9.17) is 10.5 Å². The Labute approximate surface area is 239 Å². The van der Waals surface area contributed by atoms with Gasteiger partial charge in [0, 0.05) is 46.5 Å². The quantitative estimate of drug-likeness (QED) is 0.138. The summed E-state index contributed by atoms with van der Waals surface area (Å²) in [6.07, 6.45) is 2.54. The Bertz CT molecular complexity index is 2060. The summed E-state index contributed by atoms with van der Waals surface area (Å²) in [6, 6.07) is 11.2. The van der Waals surface area contributed by atoms with Crippen molar-refractivity contribution in [2.45, 2.75) is 11.8 Å². The van der Waals surface area contributed by atoms with Gasteiger partial charge in [-0.2, -0.15) is 0 Å². The van der Waals surface area contributed by atoms with E-state index in [1.165, 1.54) is 43.7 Å². The van der Waals surface area contributed by atoms with Gasteiger partial charge in [0.15, 0.2) is 11.6 Å². The highest BCUT2D eigenvalue weighted by molar-refractivity contribution is 9.10. The molecule has 2 aromatic heterocycles. The van der Waals surface area contributed by atoms with Gasteiger partial charge in [0.25, 0.3) is 15.6 Å². The zero-order chi connectivity index (χ0) is 29.8. The van der Waals surface area contributed by atoms with Gasteiger partial charge < -0.3 is 15.0 Å². The molecule has 0 saturated carbocycles. The van der Waals surface area contributed by atoms with E-state index in [0.29, 0.717) is 6.07 Å². The van der Waals surface area contributed by atoms with E-state index < -0.39 is 49.3 Å². The molecule has 3 aromatic carbocycles. The number of fused-ring (bicyclic) bond motifs is 1. The van der Waals surface area contributed by atoms with Gasteiger partial charge in [-0.15, -0.1) is 0 Å². The number of nitrogens with two attached hydrogens (primary N) is 1. The predicted molar refractivity (Wildman–Crippen MR) is 152 cm³/mol. The molecule has 2 N–H and O–H groups in total. The van der Waals surface area contributed by atoms with Gasteiger partial charge >= 0.3 is 5.69 Å². The Balaban J connectivity index is 1.84. The first-order valence-corrected chi connectivity index (χ1v) is 14.0. The Morgan fingerprint density at radius 3 is 2.37 bits per heavy atom. The molecule has 0 atom stereocenters. The minimum Gasteiger partial charge on any atom is -0.446 e. The van der Waals surface area contributed by atoms with E-state index in [2.05, 4.69) is 15.9 Å². The van der Waals surface area contributed by atoms with Gasteiger partial charge in [-0.3, -0.25) is 14.9 Å². The average Bonchev–Trinajstić information content (AvgIpc) is 3.36. The Morgan fingerprint density at radius 2 is 1.73 bits per heavy atom. The van der Waals surface area contributed by atoms with Gasteiger partial charge in [-0.1, -0.05) is 17.7 Å². The first kappa shape index (κ1) is 28.0. The maximum Gasteiger partial charge on any atom is 0.336 e. The van der Waals surface area contributed by atoms with E-state index in [1.54, 1.807) is 19.1 Å². The maximum atomic E-state index is 14.6. The number of hydrogen-bond donors (Lipinski definition) is 1. The van der Waals surface area contributed by atoms with Crippen molar-refractivity contribution < 1.29 is 26.9 Å². The number of nitro benzene ring substituents is 1. The lowest BCUT2D eigenvalue weighted by Crippen LogP contribution is -2.22. The van der Waals surface area contributed by atoms with E-state index in [0.717, 1.165) is 26.2 Å². The van der Waals surface area contributed by atoms with Crippen molar-refractivity contribution in [1.82, 2.24) is 8.54 Å². The molecular formula is C27H19BrF2N4O6S. The molecular weight excluding hydrogens is 626 g/mol. The number of rotatable bonds is 6. The Hall–Kier alpha value is -4.56. The SMILES string of the molecule is Cc1ccc(S(=O)(=O)n2ccc3c(-c4cc(Br)c(N)c([N+](=O)[O-])c4Oc4ccc(F)cc4F)cn(C)c(=O)c32)cc1. The van der Waals surface area contributed by atoms with Crippen molar-refractivity contribution in [1.29, 1.82) is 0 Å². The topological polar surface area (TPSA) is 139 Å².